The number of benzene rings is 1. The highest BCUT2D eigenvalue weighted by Gasteiger charge is 2.27. The molecule has 2 N–H and O–H groups in total. The molecule has 0 bridgehead atoms. The topological polar surface area (TPSA) is 24.1 Å². The normalized spacial score (nSPS) is 27.6. The molecular weight excluding hydrogens is 240 g/mol. The molecule has 1 saturated carbocycles. The molecule has 98 valence electrons. The summed E-state index contributed by atoms with van der Waals surface area (Å²) in [5, 5.41) is 7.48. The van der Waals surface area contributed by atoms with Crippen LogP contribution in [0.5, 0.6) is 0 Å². The van der Waals surface area contributed by atoms with Gasteiger partial charge in [0, 0.05) is 11.7 Å². The summed E-state index contributed by atoms with van der Waals surface area (Å²) in [6, 6.07) is 10.6. The second-order valence-corrected chi connectivity index (χ2v) is 5.78. The third-order valence-corrected chi connectivity index (χ3v) is 4.09. The van der Waals surface area contributed by atoms with E-state index in [1.54, 1.807) is 0 Å². The molecule has 1 aliphatic rings. The van der Waals surface area contributed by atoms with Crippen molar-refractivity contribution in [1.82, 2.24) is 5.32 Å². The minimum atomic E-state index is 0.502. The quantitative estimate of drug-likeness (QED) is 0.793. The zero-order valence-corrected chi connectivity index (χ0v) is 12.0. The van der Waals surface area contributed by atoms with E-state index in [-0.39, 0.29) is 0 Å². The molecule has 18 heavy (non-hydrogen) atoms. The van der Waals surface area contributed by atoms with Gasteiger partial charge in [0.25, 0.3) is 0 Å². The van der Waals surface area contributed by atoms with Crippen molar-refractivity contribution in [3.8, 4) is 0 Å². The summed E-state index contributed by atoms with van der Waals surface area (Å²) in [6.07, 6.45) is 3.95. The maximum absolute atomic E-state index is 5.40. The summed E-state index contributed by atoms with van der Waals surface area (Å²) >= 11 is 5.40. The highest BCUT2D eigenvalue weighted by Crippen LogP contribution is 2.28. The second kappa shape index (κ2) is 6.19. The van der Waals surface area contributed by atoms with Crippen molar-refractivity contribution in [2.75, 3.05) is 5.32 Å². The first-order valence-corrected chi connectivity index (χ1v) is 7.20. The lowest BCUT2D eigenvalue weighted by Gasteiger charge is -2.35. The van der Waals surface area contributed by atoms with E-state index in [9.17, 15) is 0 Å². The number of nitrogens with one attached hydrogen (secondary N) is 2. The summed E-state index contributed by atoms with van der Waals surface area (Å²) in [7, 11) is 0. The lowest BCUT2D eigenvalue weighted by Crippen LogP contribution is -2.47. The van der Waals surface area contributed by atoms with Crippen LogP contribution in [0, 0.1) is 11.8 Å². The smallest absolute Gasteiger partial charge is 0.171 e. The monoisotopic (exact) mass is 262 g/mol. The molecule has 0 aromatic heterocycles. The summed E-state index contributed by atoms with van der Waals surface area (Å²) in [6.45, 7) is 4.64. The molecule has 1 aliphatic carbocycles. The Morgan fingerprint density at radius 3 is 2.33 bits per heavy atom. The summed E-state index contributed by atoms with van der Waals surface area (Å²) in [5.74, 6) is 1.40. The number of para-hydroxylation sites is 1. The van der Waals surface area contributed by atoms with Crippen molar-refractivity contribution in [3.63, 3.8) is 0 Å². The van der Waals surface area contributed by atoms with Crippen molar-refractivity contribution < 1.29 is 0 Å². The van der Waals surface area contributed by atoms with E-state index in [4.69, 9.17) is 12.2 Å². The van der Waals surface area contributed by atoms with Crippen LogP contribution in [0.1, 0.15) is 33.1 Å². The number of hydrogen-bond acceptors (Lipinski definition) is 1. The summed E-state index contributed by atoms with van der Waals surface area (Å²) < 4.78 is 0. The SMILES string of the molecule is C[C@@H]1CCC[C@H](C)C1NC(=S)Nc1ccccc1. The fraction of sp³-hybridized carbons (Fsp3) is 0.533. The first-order chi connectivity index (χ1) is 8.66. The van der Waals surface area contributed by atoms with Gasteiger partial charge < -0.3 is 10.6 Å². The molecule has 1 aromatic rings. The molecule has 3 heteroatoms. The van der Waals surface area contributed by atoms with Gasteiger partial charge in [-0.05, 0) is 49.0 Å². The molecule has 0 spiro atoms. The van der Waals surface area contributed by atoms with Gasteiger partial charge in [-0.1, -0.05) is 38.5 Å². The van der Waals surface area contributed by atoms with Crippen molar-refractivity contribution in [2.45, 2.75) is 39.2 Å². The van der Waals surface area contributed by atoms with Gasteiger partial charge in [-0.25, -0.2) is 0 Å². The Morgan fingerprint density at radius 1 is 1.11 bits per heavy atom. The lowest BCUT2D eigenvalue weighted by molar-refractivity contribution is 0.232. The van der Waals surface area contributed by atoms with Crippen LogP contribution in [0.2, 0.25) is 0 Å². The van der Waals surface area contributed by atoms with Gasteiger partial charge in [0.15, 0.2) is 5.11 Å². The zero-order valence-electron chi connectivity index (χ0n) is 11.1. The molecular formula is C15H22N2S. The minimum absolute atomic E-state index is 0.502. The van der Waals surface area contributed by atoms with E-state index < -0.39 is 0 Å². The Hall–Kier alpha value is -1.09. The number of anilines is 1. The fourth-order valence-corrected chi connectivity index (χ4v) is 3.06. The molecule has 1 aromatic carbocycles. The third kappa shape index (κ3) is 3.45. The first kappa shape index (κ1) is 13.3. The van der Waals surface area contributed by atoms with E-state index in [1.165, 1.54) is 19.3 Å². The molecule has 2 rings (SSSR count). The van der Waals surface area contributed by atoms with Gasteiger partial charge in [0.1, 0.15) is 0 Å². The fourth-order valence-electron chi connectivity index (χ4n) is 2.81. The van der Waals surface area contributed by atoms with Gasteiger partial charge in [0.2, 0.25) is 0 Å². The van der Waals surface area contributed by atoms with Crippen molar-refractivity contribution in [1.29, 1.82) is 0 Å². The van der Waals surface area contributed by atoms with Gasteiger partial charge in [-0.15, -0.1) is 0 Å². The highest BCUT2D eigenvalue weighted by atomic mass is 32.1. The van der Waals surface area contributed by atoms with Gasteiger partial charge in [0.05, 0.1) is 0 Å². The van der Waals surface area contributed by atoms with E-state index in [0.717, 1.165) is 10.8 Å². The molecule has 2 nitrogen and oxygen atoms in total. The van der Waals surface area contributed by atoms with Gasteiger partial charge in [-0.2, -0.15) is 0 Å². The average molecular weight is 262 g/mol. The highest BCUT2D eigenvalue weighted by molar-refractivity contribution is 7.80. The predicted octanol–water partition coefficient (Wildman–Crippen LogP) is 3.80. The average Bonchev–Trinajstić information content (AvgIpc) is 2.35. The minimum Gasteiger partial charge on any atom is -0.359 e. The van der Waals surface area contributed by atoms with E-state index >= 15 is 0 Å². The maximum atomic E-state index is 5.40. The molecule has 1 unspecified atom stereocenters. The number of thiocarbonyl (C=S) groups is 1. The predicted molar refractivity (Wildman–Crippen MR) is 81.8 cm³/mol. The molecule has 0 heterocycles. The van der Waals surface area contributed by atoms with Crippen LogP contribution >= 0.6 is 12.2 Å². The Labute approximate surface area is 115 Å². The Morgan fingerprint density at radius 2 is 1.72 bits per heavy atom. The number of rotatable bonds is 2. The third-order valence-electron chi connectivity index (χ3n) is 3.87. The standard InChI is InChI=1S/C15H22N2S/c1-11-7-6-8-12(2)14(11)17-15(18)16-13-9-4-3-5-10-13/h3-5,9-12,14H,6-8H2,1-2H3,(H2,16,17,18)/t11-,12+,14?. The van der Waals surface area contributed by atoms with Crippen LogP contribution < -0.4 is 10.6 Å². The van der Waals surface area contributed by atoms with E-state index in [0.29, 0.717) is 17.9 Å². The van der Waals surface area contributed by atoms with Crippen LogP contribution in [0.3, 0.4) is 0 Å². The van der Waals surface area contributed by atoms with Crippen LogP contribution in [-0.2, 0) is 0 Å². The molecule has 0 saturated heterocycles. The molecule has 0 radical (unpaired) electrons. The Kier molecular flexibility index (Phi) is 4.59. The molecule has 1 fully saturated rings. The Balaban J connectivity index is 1.90. The largest absolute Gasteiger partial charge is 0.359 e. The first-order valence-electron chi connectivity index (χ1n) is 6.79. The van der Waals surface area contributed by atoms with Crippen LogP contribution in [0.25, 0.3) is 0 Å². The second-order valence-electron chi connectivity index (χ2n) is 5.38. The summed E-state index contributed by atoms with van der Waals surface area (Å²) in [4.78, 5) is 0. The van der Waals surface area contributed by atoms with Crippen LogP contribution in [0.15, 0.2) is 30.3 Å². The lowest BCUT2D eigenvalue weighted by atomic mass is 9.79. The van der Waals surface area contributed by atoms with Crippen molar-refractivity contribution >= 4 is 23.0 Å². The van der Waals surface area contributed by atoms with Crippen LogP contribution in [0.4, 0.5) is 5.69 Å². The van der Waals surface area contributed by atoms with Crippen molar-refractivity contribution in [2.24, 2.45) is 11.8 Å². The van der Waals surface area contributed by atoms with Crippen molar-refractivity contribution in [3.05, 3.63) is 30.3 Å². The zero-order chi connectivity index (χ0) is 13.0. The maximum Gasteiger partial charge on any atom is 0.171 e. The number of hydrogen-bond donors (Lipinski definition) is 2. The van der Waals surface area contributed by atoms with E-state index in [1.807, 2.05) is 30.3 Å². The Bertz CT molecular complexity index is 381. The van der Waals surface area contributed by atoms with Gasteiger partial charge in [-0.3, -0.25) is 0 Å². The van der Waals surface area contributed by atoms with E-state index in [2.05, 4.69) is 24.5 Å². The molecule has 0 amide bonds. The van der Waals surface area contributed by atoms with Crippen LogP contribution in [-0.4, -0.2) is 11.2 Å². The van der Waals surface area contributed by atoms with Gasteiger partial charge >= 0.3 is 0 Å². The summed E-state index contributed by atoms with van der Waals surface area (Å²) in [5.41, 5.74) is 1.05. The molecule has 0 aliphatic heterocycles. The molecule has 3 atom stereocenters.